The smallest absolute Gasteiger partial charge is 0.0429 e. The van der Waals surface area contributed by atoms with Gasteiger partial charge in [0.05, 0.1) is 0 Å². The summed E-state index contributed by atoms with van der Waals surface area (Å²) in [6.45, 7) is 19.6. The first kappa shape index (κ1) is 23.5. The van der Waals surface area contributed by atoms with Gasteiger partial charge in [-0.15, -0.1) is 0 Å². The lowest BCUT2D eigenvalue weighted by Crippen LogP contribution is -2.39. The molecule has 0 bridgehead atoms. The third-order valence-corrected chi connectivity index (χ3v) is 6.65. The molecule has 3 rings (SSSR count). The Bertz CT molecular complexity index is 918. The van der Waals surface area contributed by atoms with Crippen molar-refractivity contribution in [3.63, 3.8) is 0 Å². The maximum absolute atomic E-state index is 6.54. The molecule has 2 heterocycles. The predicted octanol–water partition coefficient (Wildman–Crippen LogP) is 5.72. The SMILES string of the molecule is C=C1NC(C)=CC(C)=C1Cc1cc(Cl)cc(NC2CCN(C(=C)C(C)C)CC2)c1CN. The van der Waals surface area contributed by atoms with Crippen molar-refractivity contribution in [3.05, 3.63) is 75.8 Å². The zero-order chi connectivity index (χ0) is 22.7. The fourth-order valence-electron chi connectivity index (χ4n) is 4.55. The number of rotatable bonds is 7. The fraction of sp³-hybridized carbons (Fsp3) is 0.462. The Hall–Kier alpha value is -2.17. The number of piperidine rings is 1. The summed E-state index contributed by atoms with van der Waals surface area (Å²) in [5.41, 5.74) is 15.3. The van der Waals surface area contributed by atoms with Crippen LogP contribution in [0.1, 0.15) is 51.7 Å². The van der Waals surface area contributed by atoms with Crippen molar-refractivity contribution in [2.24, 2.45) is 11.7 Å². The van der Waals surface area contributed by atoms with Crippen molar-refractivity contribution in [2.45, 2.75) is 59.5 Å². The Kier molecular flexibility index (Phi) is 7.55. The van der Waals surface area contributed by atoms with Crippen LogP contribution < -0.4 is 16.4 Å². The molecule has 1 saturated heterocycles. The molecule has 0 saturated carbocycles. The Labute approximate surface area is 192 Å². The zero-order valence-electron chi connectivity index (χ0n) is 19.4. The minimum absolute atomic E-state index is 0.408. The molecule has 0 amide bonds. The van der Waals surface area contributed by atoms with Gasteiger partial charge in [0.1, 0.15) is 0 Å². The van der Waals surface area contributed by atoms with E-state index in [0.29, 0.717) is 18.5 Å². The molecule has 2 aliphatic rings. The van der Waals surface area contributed by atoms with Crippen molar-refractivity contribution in [2.75, 3.05) is 18.4 Å². The van der Waals surface area contributed by atoms with Gasteiger partial charge >= 0.3 is 0 Å². The first-order chi connectivity index (χ1) is 14.7. The molecule has 0 radical (unpaired) electrons. The number of hydrogen-bond acceptors (Lipinski definition) is 4. The normalized spacial score (nSPS) is 17.7. The highest BCUT2D eigenvalue weighted by Crippen LogP contribution is 2.32. The molecule has 0 unspecified atom stereocenters. The molecule has 0 spiro atoms. The number of nitrogens with zero attached hydrogens (tertiary/aromatic N) is 1. The molecule has 31 heavy (non-hydrogen) atoms. The maximum Gasteiger partial charge on any atom is 0.0429 e. The van der Waals surface area contributed by atoms with E-state index >= 15 is 0 Å². The Morgan fingerprint density at radius 1 is 1.29 bits per heavy atom. The standard InChI is InChI=1S/C26H37ClN4/c1-16(2)20(6)31-9-7-23(8-10-31)30-26-14-22(27)12-21(25(26)15-28)13-24-17(3)11-18(4)29-19(24)5/h11-12,14,16,23,29-30H,5-10,13,15,28H2,1-4H3. The highest BCUT2D eigenvalue weighted by atomic mass is 35.5. The highest BCUT2D eigenvalue weighted by molar-refractivity contribution is 6.31. The van der Waals surface area contributed by atoms with Crippen LogP contribution in [0.25, 0.3) is 0 Å². The van der Waals surface area contributed by atoms with Gasteiger partial charge < -0.3 is 21.3 Å². The minimum atomic E-state index is 0.408. The minimum Gasteiger partial charge on any atom is -0.382 e. The number of dihydropyridines is 1. The monoisotopic (exact) mass is 440 g/mol. The molecular weight excluding hydrogens is 404 g/mol. The van der Waals surface area contributed by atoms with Crippen LogP contribution in [0.3, 0.4) is 0 Å². The van der Waals surface area contributed by atoms with Gasteiger partial charge in [0.15, 0.2) is 0 Å². The summed E-state index contributed by atoms with van der Waals surface area (Å²) in [6.07, 6.45) is 5.07. The van der Waals surface area contributed by atoms with E-state index < -0.39 is 0 Å². The van der Waals surface area contributed by atoms with Gasteiger partial charge in [-0.2, -0.15) is 0 Å². The third kappa shape index (κ3) is 5.55. The van der Waals surface area contributed by atoms with Gasteiger partial charge in [0.25, 0.3) is 0 Å². The number of allylic oxidation sites excluding steroid dienone is 5. The highest BCUT2D eigenvalue weighted by Gasteiger charge is 2.23. The Morgan fingerprint density at radius 3 is 2.55 bits per heavy atom. The van der Waals surface area contributed by atoms with Crippen LogP contribution in [-0.2, 0) is 13.0 Å². The van der Waals surface area contributed by atoms with Crippen molar-refractivity contribution in [3.8, 4) is 0 Å². The number of halogens is 1. The molecular formula is C26H37ClN4. The van der Waals surface area contributed by atoms with E-state index in [-0.39, 0.29) is 0 Å². The maximum atomic E-state index is 6.54. The summed E-state index contributed by atoms with van der Waals surface area (Å²) in [5, 5.41) is 7.84. The molecule has 5 heteroatoms. The second-order valence-electron chi connectivity index (χ2n) is 9.12. The number of benzene rings is 1. The van der Waals surface area contributed by atoms with E-state index in [4.69, 9.17) is 17.3 Å². The van der Waals surface area contributed by atoms with E-state index in [0.717, 1.165) is 65.6 Å². The first-order valence-electron chi connectivity index (χ1n) is 11.3. The third-order valence-electron chi connectivity index (χ3n) is 6.43. The summed E-state index contributed by atoms with van der Waals surface area (Å²) in [4.78, 5) is 2.42. The number of likely N-dealkylation sites (tertiary alicyclic amines) is 1. The number of hydrogen-bond donors (Lipinski definition) is 3. The molecule has 168 valence electrons. The molecule has 0 aliphatic carbocycles. The topological polar surface area (TPSA) is 53.3 Å². The van der Waals surface area contributed by atoms with E-state index in [1.807, 2.05) is 12.1 Å². The lowest BCUT2D eigenvalue weighted by molar-refractivity contribution is 0.252. The van der Waals surface area contributed by atoms with Crippen LogP contribution >= 0.6 is 11.6 Å². The summed E-state index contributed by atoms with van der Waals surface area (Å²) in [7, 11) is 0. The largest absolute Gasteiger partial charge is 0.382 e. The van der Waals surface area contributed by atoms with E-state index in [9.17, 15) is 0 Å². The molecule has 1 fully saturated rings. The molecule has 1 aromatic carbocycles. The first-order valence-corrected chi connectivity index (χ1v) is 11.6. The lowest BCUT2D eigenvalue weighted by atomic mass is 9.92. The van der Waals surface area contributed by atoms with E-state index in [1.54, 1.807) is 0 Å². The second kappa shape index (κ2) is 9.97. The van der Waals surface area contributed by atoms with Crippen molar-refractivity contribution >= 4 is 17.3 Å². The Balaban J connectivity index is 1.79. The molecule has 1 aromatic rings. The molecule has 4 N–H and O–H groups in total. The van der Waals surface area contributed by atoms with Crippen LogP contribution in [0.2, 0.25) is 5.02 Å². The molecule has 2 aliphatic heterocycles. The average Bonchev–Trinajstić information content (AvgIpc) is 2.70. The second-order valence-corrected chi connectivity index (χ2v) is 9.55. The van der Waals surface area contributed by atoms with Gasteiger partial charge in [-0.1, -0.05) is 38.6 Å². The van der Waals surface area contributed by atoms with E-state index in [2.05, 4.69) is 62.5 Å². The van der Waals surface area contributed by atoms with Gasteiger partial charge in [0, 0.05) is 59.9 Å². The van der Waals surface area contributed by atoms with Crippen molar-refractivity contribution < 1.29 is 0 Å². The predicted molar refractivity (Wildman–Crippen MR) is 134 cm³/mol. The zero-order valence-corrected chi connectivity index (χ0v) is 20.2. The van der Waals surface area contributed by atoms with Crippen molar-refractivity contribution in [1.29, 1.82) is 0 Å². The van der Waals surface area contributed by atoms with Gasteiger partial charge in [-0.25, -0.2) is 0 Å². The average molecular weight is 441 g/mol. The molecule has 0 atom stereocenters. The fourth-order valence-corrected chi connectivity index (χ4v) is 4.79. The molecule has 0 aromatic heterocycles. The summed E-state index contributed by atoms with van der Waals surface area (Å²) >= 11 is 6.54. The lowest BCUT2D eigenvalue weighted by Gasteiger charge is -2.37. The number of anilines is 1. The van der Waals surface area contributed by atoms with Gasteiger partial charge in [-0.3, -0.25) is 0 Å². The Morgan fingerprint density at radius 2 is 1.97 bits per heavy atom. The van der Waals surface area contributed by atoms with Crippen LogP contribution in [0.5, 0.6) is 0 Å². The number of nitrogens with two attached hydrogens (primary N) is 1. The summed E-state index contributed by atoms with van der Waals surface area (Å²) < 4.78 is 0. The van der Waals surface area contributed by atoms with Crippen LogP contribution in [0.15, 0.2) is 59.6 Å². The van der Waals surface area contributed by atoms with Crippen LogP contribution in [0.4, 0.5) is 5.69 Å². The quantitative estimate of drug-likeness (QED) is 0.507. The summed E-state index contributed by atoms with van der Waals surface area (Å²) in [5.74, 6) is 0.490. The molecule has 4 nitrogen and oxygen atoms in total. The number of nitrogens with one attached hydrogen (secondary N) is 2. The van der Waals surface area contributed by atoms with Crippen molar-refractivity contribution in [1.82, 2.24) is 10.2 Å². The van der Waals surface area contributed by atoms with Gasteiger partial charge in [-0.05, 0) is 73.1 Å². The van der Waals surface area contributed by atoms with E-state index in [1.165, 1.54) is 16.8 Å². The van der Waals surface area contributed by atoms with Crippen LogP contribution in [0, 0.1) is 5.92 Å². The summed E-state index contributed by atoms with van der Waals surface area (Å²) in [6, 6.07) is 4.47. The van der Waals surface area contributed by atoms with Gasteiger partial charge in [0.2, 0.25) is 0 Å². The van der Waals surface area contributed by atoms with Crippen LogP contribution in [-0.4, -0.2) is 24.0 Å².